The number of hydrogen-bond acceptors (Lipinski definition) is 3. The largest absolute Gasteiger partial charge is 0.353 e. The number of nitrogens with one attached hydrogen (secondary N) is 2. The van der Waals surface area contributed by atoms with Crippen LogP contribution in [0.15, 0.2) is 24.3 Å². The minimum Gasteiger partial charge on any atom is -0.353 e. The molecule has 0 aromatic heterocycles. The first-order valence-electron chi connectivity index (χ1n) is 9.06. The molecule has 2 amide bonds. The molecular weight excluding hydrogens is 332 g/mol. The van der Waals surface area contributed by atoms with Crippen molar-refractivity contribution in [1.29, 1.82) is 0 Å². The summed E-state index contributed by atoms with van der Waals surface area (Å²) < 4.78 is 0. The summed E-state index contributed by atoms with van der Waals surface area (Å²) in [4.78, 5) is 24.2. The molecule has 0 saturated carbocycles. The minimum atomic E-state index is -0.240. The van der Waals surface area contributed by atoms with Crippen LogP contribution in [0.3, 0.4) is 0 Å². The van der Waals surface area contributed by atoms with Crippen LogP contribution in [0.5, 0.6) is 0 Å². The molecule has 0 radical (unpaired) electrons. The van der Waals surface area contributed by atoms with Gasteiger partial charge in [-0.3, -0.25) is 9.59 Å². The van der Waals surface area contributed by atoms with Gasteiger partial charge in [-0.1, -0.05) is 44.4 Å². The van der Waals surface area contributed by atoms with E-state index in [9.17, 15) is 9.59 Å². The van der Waals surface area contributed by atoms with E-state index in [0.29, 0.717) is 5.92 Å². The van der Waals surface area contributed by atoms with Crippen molar-refractivity contribution >= 4 is 29.3 Å². The highest BCUT2D eigenvalue weighted by atomic mass is 32.2. The van der Waals surface area contributed by atoms with E-state index in [0.717, 1.165) is 24.1 Å². The van der Waals surface area contributed by atoms with Gasteiger partial charge < -0.3 is 10.6 Å². The number of carbonyl (C=O) groups excluding carboxylic acids is 2. The number of rotatable bonds is 10. The van der Waals surface area contributed by atoms with Crippen LogP contribution >= 0.6 is 11.8 Å². The molecule has 4 nitrogen and oxygen atoms in total. The lowest BCUT2D eigenvalue weighted by atomic mass is 10.0. The first kappa shape index (κ1) is 21.6. The Hall–Kier alpha value is -1.49. The van der Waals surface area contributed by atoms with Crippen LogP contribution in [-0.4, -0.2) is 28.9 Å². The van der Waals surface area contributed by atoms with Gasteiger partial charge in [-0.25, -0.2) is 0 Å². The quantitative estimate of drug-likeness (QED) is 0.647. The van der Waals surface area contributed by atoms with E-state index in [2.05, 4.69) is 24.5 Å². The molecule has 2 unspecified atom stereocenters. The molecule has 2 atom stereocenters. The van der Waals surface area contributed by atoms with Gasteiger partial charge >= 0.3 is 0 Å². The molecule has 140 valence electrons. The zero-order chi connectivity index (χ0) is 18.8. The SMILES string of the molecule is Cc1ccc(NC(=O)CSC(C)C(=O)NC(C)CCCC(C)C)cc1. The molecule has 0 aliphatic carbocycles. The standard InChI is InChI=1S/C20H32N2O2S/c1-14(2)7-6-8-16(4)21-20(24)17(5)25-13-19(23)22-18-11-9-15(3)10-12-18/h9-12,14,16-17H,6-8,13H2,1-5H3,(H,21,24)(H,22,23). The Kier molecular flexibility index (Phi) is 9.65. The highest BCUT2D eigenvalue weighted by molar-refractivity contribution is 8.01. The van der Waals surface area contributed by atoms with E-state index in [1.54, 1.807) is 0 Å². The summed E-state index contributed by atoms with van der Waals surface area (Å²) >= 11 is 1.36. The van der Waals surface area contributed by atoms with Gasteiger partial charge in [-0.15, -0.1) is 11.8 Å². The summed E-state index contributed by atoms with van der Waals surface area (Å²) in [6, 6.07) is 7.86. The molecular formula is C20H32N2O2S. The summed E-state index contributed by atoms with van der Waals surface area (Å²) in [7, 11) is 0. The Morgan fingerprint density at radius 2 is 1.68 bits per heavy atom. The molecule has 0 heterocycles. The lowest BCUT2D eigenvalue weighted by Crippen LogP contribution is -2.38. The monoisotopic (exact) mass is 364 g/mol. The second kappa shape index (κ2) is 11.2. The summed E-state index contributed by atoms with van der Waals surface area (Å²) in [6.45, 7) is 10.3. The average Bonchev–Trinajstić information content (AvgIpc) is 2.54. The molecule has 1 rings (SSSR count). The molecule has 0 fully saturated rings. The van der Waals surface area contributed by atoms with E-state index >= 15 is 0 Å². The Morgan fingerprint density at radius 1 is 1.04 bits per heavy atom. The Bertz CT molecular complexity index is 543. The van der Waals surface area contributed by atoms with E-state index in [4.69, 9.17) is 0 Å². The summed E-state index contributed by atoms with van der Waals surface area (Å²) in [5.41, 5.74) is 1.94. The molecule has 0 aliphatic rings. The molecule has 5 heteroatoms. The van der Waals surface area contributed by atoms with Crippen LogP contribution in [0.25, 0.3) is 0 Å². The van der Waals surface area contributed by atoms with Crippen LogP contribution in [-0.2, 0) is 9.59 Å². The lowest BCUT2D eigenvalue weighted by Gasteiger charge is -2.17. The molecule has 0 aliphatic heterocycles. The van der Waals surface area contributed by atoms with Crippen molar-refractivity contribution < 1.29 is 9.59 Å². The van der Waals surface area contributed by atoms with E-state index < -0.39 is 0 Å². The Balaban J connectivity index is 2.27. The fourth-order valence-corrected chi connectivity index (χ4v) is 3.07. The van der Waals surface area contributed by atoms with Gasteiger partial charge in [0.1, 0.15) is 0 Å². The third kappa shape index (κ3) is 9.54. The van der Waals surface area contributed by atoms with Crippen molar-refractivity contribution in [2.75, 3.05) is 11.1 Å². The third-order valence-corrected chi connectivity index (χ3v) is 5.12. The van der Waals surface area contributed by atoms with E-state index in [-0.39, 0.29) is 28.9 Å². The first-order chi connectivity index (χ1) is 11.8. The van der Waals surface area contributed by atoms with Crippen LogP contribution in [0.1, 0.15) is 52.5 Å². The van der Waals surface area contributed by atoms with Gasteiger partial charge in [0.15, 0.2) is 0 Å². The van der Waals surface area contributed by atoms with Crippen molar-refractivity contribution in [3.05, 3.63) is 29.8 Å². The van der Waals surface area contributed by atoms with Gasteiger partial charge in [-0.05, 0) is 45.2 Å². The van der Waals surface area contributed by atoms with Crippen LogP contribution in [0, 0.1) is 12.8 Å². The minimum absolute atomic E-state index is 0.00480. The Morgan fingerprint density at radius 3 is 2.28 bits per heavy atom. The topological polar surface area (TPSA) is 58.2 Å². The number of carbonyl (C=O) groups is 2. The van der Waals surface area contributed by atoms with Crippen LogP contribution in [0.4, 0.5) is 5.69 Å². The fourth-order valence-electron chi connectivity index (χ4n) is 2.38. The summed E-state index contributed by atoms with van der Waals surface area (Å²) in [6.07, 6.45) is 3.30. The average molecular weight is 365 g/mol. The number of amides is 2. The molecule has 0 saturated heterocycles. The smallest absolute Gasteiger partial charge is 0.234 e. The molecule has 0 spiro atoms. The second-order valence-corrected chi connectivity index (χ2v) is 8.43. The van der Waals surface area contributed by atoms with Gasteiger partial charge in [0.05, 0.1) is 11.0 Å². The summed E-state index contributed by atoms with van der Waals surface area (Å²) in [5.74, 6) is 0.887. The van der Waals surface area contributed by atoms with Gasteiger partial charge in [0.25, 0.3) is 0 Å². The van der Waals surface area contributed by atoms with Crippen molar-refractivity contribution in [3.8, 4) is 0 Å². The fraction of sp³-hybridized carbons (Fsp3) is 0.600. The number of hydrogen-bond donors (Lipinski definition) is 2. The lowest BCUT2D eigenvalue weighted by molar-refractivity contribution is -0.120. The van der Waals surface area contributed by atoms with Crippen LogP contribution < -0.4 is 10.6 Å². The third-order valence-electron chi connectivity index (χ3n) is 3.98. The second-order valence-electron chi connectivity index (χ2n) is 7.10. The number of aryl methyl sites for hydroxylation is 1. The molecule has 1 aromatic rings. The van der Waals surface area contributed by atoms with Crippen molar-refractivity contribution in [3.63, 3.8) is 0 Å². The number of anilines is 1. The maximum Gasteiger partial charge on any atom is 0.234 e. The normalized spacial score (nSPS) is 13.4. The maximum absolute atomic E-state index is 12.2. The molecule has 25 heavy (non-hydrogen) atoms. The van der Waals surface area contributed by atoms with Gasteiger partial charge in [0.2, 0.25) is 11.8 Å². The predicted molar refractivity (Wildman–Crippen MR) is 108 cm³/mol. The van der Waals surface area contributed by atoms with E-state index in [1.165, 1.54) is 18.2 Å². The molecule has 0 bridgehead atoms. The zero-order valence-electron chi connectivity index (χ0n) is 16.1. The van der Waals surface area contributed by atoms with Crippen molar-refractivity contribution in [2.24, 2.45) is 5.92 Å². The van der Waals surface area contributed by atoms with Crippen molar-refractivity contribution in [1.82, 2.24) is 5.32 Å². The van der Waals surface area contributed by atoms with Crippen LogP contribution in [0.2, 0.25) is 0 Å². The predicted octanol–water partition coefficient (Wildman–Crippen LogP) is 4.39. The first-order valence-corrected chi connectivity index (χ1v) is 10.1. The summed E-state index contributed by atoms with van der Waals surface area (Å²) in [5, 5.41) is 5.65. The van der Waals surface area contributed by atoms with Gasteiger partial charge in [-0.2, -0.15) is 0 Å². The molecule has 2 N–H and O–H groups in total. The Labute approximate surface area is 156 Å². The highest BCUT2D eigenvalue weighted by Crippen LogP contribution is 2.14. The molecule has 1 aromatic carbocycles. The van der Waals surface area contributed by atoms with Gasteiger partial charge in [0, 0.05) is 11.7 Å². The number of thioether (sulfide) groups is 1. The zero-order valence-corrected chi connectivity index (χ0v) is 16.9. The van der Waals surface area contributed by atoms with E-state index in [1.807, 2.05) is 45.0 Å². The maximum atomic E-state index is 12.2. The number of benzene rings is 1. The highest BCUT2D eigenvalue weighted by Gasteiger charge is 2.17. The van der Waals surface area contributed by atoms with Crippen molar-refractivity contribution in [2.45, 2.75) is 65.2 Å².